The van der Waals surface area contributed by atoms with Crippen LogP contribution < -0.4 is 5.32 Å². The lowest BCUT2D eigenvalue weighted by atomic mass is 10.3. The molecule has 0 bridgehead atoms. The van der Waals surface area contributed by atoms with Gasteiger partial charge in [0.1, 0.15) is 24.4 Å². The van der Waals surface area contributed by atoms with Gasteiger partial charge in [-0.15, -0.1) is 34.2 Å². The molecule has 0 aromatic carbocycles. The summed E-state index contributed by atoms with van der Waals surface area (Å²) in [4.78, 5) is 6.83. The van der Waals surface area contributed by atoms with E-state index in [1.165, 1.54) is 10.6 Å². The first-order chi connectivity index (χ1) is 14.4. The molecule has 174 valence electrons. The van der Waals surface area contributed by atoms with E-state index < -0.39 is 10.0 Å². The Balaban J connectivity index is 0.00000341. The number of nitrogens with one attached hydrogen (secondary N) is 1. The molecule has 31 heavy (non-hydrogen) atoms. The van der Waals surface area contributed by atoms with Gasteiger partial charge in [0.25, 0.3) is 0 Å². The van der Waals surface area contributed by atoms with Crippen LogP contribution in [0.1, 0.15) is 37.1 Å². The van der Waals surface area contributed by atoms with Crippen molar-refractivity contribution in [2.75, 3.05) is 32.7 Å². The molecule has 0 unspecified atom stereocenters. The molecule has 0 radical (unpaired) electrons. The van der Waals surface area contributed by atoms with Gasteiger partial charge < -0.3 is 19.3 Å². The molecule has 0 atom stereocenters. The third-order valence-electron chi connectivity index (χ3n) is 5.12. The maximum absolute atomic E-state index is 12.7. The second kappa shape index (κ2) is 11.8. The number of hydrogen-bond acceptors (Lipinski definition) is 7. The standard InChI is InChI=1S/C18H30N8O3S.HI/c1-4-5-7-19-18(20-13-17-22-21-15(2)24(17)3)25-8-10-26(11-9-25)30(27,28)14-16-6-12-29-23-16;/h6,12H,4-5,7-11,13-14H2,1-3H3,(H,19,20);1H. The van der Waals surface area contributed by atoms with Crippen molar-refractivity contribution < 1.29 is 12.9 Å². The minimum Gasteiger partial charge on any atom is -0.364 e. The van der Waals surface area contributed by atoms with Crippen LogP contribution in [0.15, 0.2) is 21.8 Å². The number of aromatic nitrogens is 4. The largest absolute Gasteiger partial charge is 0.364 e. The molecule has 1 saturated heterocycles. The highest BCUT2D eigenvalue weighted by atomic mass is 127. The fourth-order valence-electron chi connectivity index (χ4n) is 3.15. The van der Waals surface area contributed by atoms with Crippen molar-refractivity contribution in [3.8, 4) is 0 Å². The van der Waals surface area contributed by atoms with Crippen LogP contribution in [-0.2, 0) is 29.4 Å². The van der Waals surface area contributed by atoms with Crippen molar-refractivity contribution in [1.82, 2.24) is 34.4 Å². The van der Waals surface area contributed by atoms with E-state index >= 15 is 0 Å². The topological polar surface area (TPSA) is 122 Å². The van der Waals surface area contributed by atoms with Gasteiger partial charge in [0.15, 0.2) is 11.8 Å². The molecular formula is C18H31IN8O3S. The maximum atomic E-state index is 12.7. The lowest BCUT2D eigenvalue weighted by Crippen LogP contribution is -2.54. The first-order valence-corrected chi connectivity index (χ1v) is 11.8. The van der Waals surface area contributed by atoms with E-state index in [0.717, 1.165) is 37.0 Å². The zero-order valence-corrected chi connectivity index (χ0v) is 21.3. The summed E-state index contributed by atoms with van der Waals surface area (Å²) < 4.78 is 33.5. The van der Waals surface area contributed by atoms with Gasteiger partial charge in [0, 0.05) is 45.8 Å². The first kappa shape index (κ1) is 25.5. The van der Waals surface area contributed by atoms with Crippen LogP contribution in [-0.4, -0.2) is 76.2 Å². The van der Waals surface area contributed by atoms with Crippen LogP contribution in [0.2, 0.25) is 0 Å². The van der Waals surface area contributed by atoms with Gasteiger partial charge >= 0.3 is 0 Å². The van der Waals surface area contributed by atoms with Crippen molar-refractivity contribution in [2.24, 2.45) is 12.0 Å². The predicted octanol–water partition coefficient (Wildman–Crippen LogP) is 1.12. The Morgan fingerprint density at radius 3 is 2.58 bits per heavy atom. The van der Waals surface area contributed by atoms with E-state index in [1.54, 1.807) is 6.07 Å². The summed E-state index contributed by atoms with van der Waals surface area (Å²) in [6.45, 7) is 7.20. The number of hydrogen-bond donors (Lipinski definition) is 1. The number of unbranched alkanes of at least 4 members (excludes halogenated alkanes) is 1. The number of aryl methyl sites for hydroxylation is 1. The van der Waals surface area contributed by atoms with Crippen LogP contribution in [0.5, 0.6) is 0 Å². The van der Waals surface area contributed by atoms with Gasteiger partial charge in [-0.1, -0.05) is 18.5 Å². The van der Waals surface area contributed by atoms with Crippen molar-refractivity contribution in [3.63, 3.8) is 0 Å². The SMILES string of the molecule is CCCCNC(=NCc1nnc(C)n1C)N1CCN(S(=O)(=O)Cc2ccon2)CC1.I. The summed E-state index contributed by atoms with van der Waals surface area (Å²) in [5.74, 6) is 2.26. The number of rotatable bonds is 8. The number of piperazine rings is 1. The zero-order valence-electron chi connectivity index (χ0n) is 18.2. The molecule has 11 nitrogen and oxygen atoms in total. The van der Waals surface area contributed by atoms with Gasteiger partial charge in [-0.05, 0) is 13.3 Å². The lowest BCUT2D eigenvalue weighted by molar-refractivity contribution is 0.259. The number of nitrogens with zero attached hydrogens (tertiary/aromatic N) is 7. The zero-order chi connectivity index (χ0) is 21.6. The molecule has 13 heteroatoms. The molecule has 1 aliphatic heterocycles. The summed E-state index contributed by atoms with van der Waals surface area (Å²) in [5.41, 5.74) is 0.417. The molecule has 1 N–H and O–H groups in total. The highest BCUT2D eigenvalue weighted by Gasteiger charge is 2.29. The summed E-state index contributed by atoms with van der Waals surface area (Å²) in [6.07, 6.45) is 3.50. The van der Waals surface area contributed by atoms with Gasteiger partial charge in [0.05, 0.1) is 5.69 Å². The normalized spacial score (nSPS) is 15.7. The molecule has 3 heterocycles. The molecule has 2 aromatic rings. The smallest absolute Gasteiger partial charge is 0.220 e. The fourth-order valence-corrected chi connectivity index (χ4v) is 4.57. The predicted molar refractivity (Wildman–Crippen MR) is 127 cm³/mol. The molecular weight excluding hydrogens is 535 g/mol. The number of aliphatic imine (C=N–C) groups is 1. The molecule has 1 fully saturated rings. The molecule has 1 aliphatic rings. The van der Waals surface area contributed by atoms with Crippen LogP contribution >= 0.6 is 24.0 Å². The van der Waals surface area contributed by atoms with Gasteiger partial charge in [-0.25, -0.2) is 13.4 Å². The summed E-state index contributed by atoms with van der Waals surface area (Å²) >= 11 is 0. The van der Waals surface area contributed by atoms with E-state index in [2.05, 4.69) is 32.5 Å². The Morgan fingerprint density at radius 2 is 2.00 bits per heavy atom. The highest BCUT2D eigenvalue weighted by Crippen LogP contribution is 2.13. The van der Waals surface area contributed by atoms with Gasteiger partial charge in [-0.3, -0.25) is 0 Å². The number of halogens is 1. The summed E-state index contributed by atoms with van der Waals surface area (Å²) in [5, 5.41) is 15.4. The molecule has 0 amide bonds. The molecule has 3 rings (SSSR count). The Bertz CT molecular complexity index is 937. The average Bonchev–Trinajstić information content (AvgIpc) is 3.35. The van der Waals surface area contributed by atoms with E-state index in [9.17, 15) is 8.42 Å². The van der Waals surface area contributed by atoms with E-state index in [-0.39, 0.29) is 29.7 Å². The molecule has 2 aromatic heterocycles. The summed E-state index contributed by atoms with van der Waals surface area (Å²) in [6, 6.07) is 1.57. The molecule has 0 spiro atoms. The van der Waals surface area contributed by atoms with Crippen LogP contribution in [0.4, 0.5) is 0 Å². The van der Waals surface area contributed by atoms with Crippen molar-refractivity contribution in [1.29, 1.82) is 0 Å². The third kappa shape index (κ3) is 6.87. The average molecular weight is 566 g/mol. The van der Waals surface area contributed by atoms with Crippen LogP contribution in [0, 0.1) is 6.92 Å². The Morgan fingerprint density at radius 1 is 1.26 bits per heavy atom. The second-order valence-electron chi connectivity index (χ2n) is 7.28. The van der Waals surface area contributed by atoms with Gasteiger partial charge in [-0.2, -0.15) is 4.31 Å². The molecule has 0 aliphatic carbocycles. The lowest BCUT2D eigenvalue weighted by Gasteiger charge is -2.35. The minimum absolute atomic E-state index is 0. The quantitative estimate of drug-likeness (QED) is 0.219. The number of guanidine groups is 1. The monoisotopic (exact) mass is 566 g/mol. The molecule has 0 saturated carbocycles. The first-order valence-electron chi connectivity index (χ1n) is 10.2. The van der Waals surface area contributed by atoms with Crippen molar-refractivity contribution >= 4 is 40.0 Å². The second-order valence-corrected chi connectivity index (χ2v) is 9.24. The Labute approximate surface area is 200 Å². The highest BCUT2D eigenvalue weighted by molar-refractivity contribution is 14.0. The van der Waals surface area contributed by atoms with Gasteiger partial charge in [0.2, 0.25) is 10.0 Å². The van der Waals surface area contributed by atoms with Crippen molar-refractivity contribution in [2.45, 2.75) is 39.0 Å². The van der Waals surface area contributed by atoms with Crippen molar-refractivity contribution in [3.05, 3.63) is 29.7 Å². The van der Waals surface area contributed by atoms with E-state index in [1.807, 2.05) is 18.5 Å². The van der Waals surface area contributed by atoms with E-state index in [0.29, 0.717) is 38.4 Å². The third-order valence-corrected chi connectivity index (χ3v) is 6.93. The summed E-state index contributed by atoms with van der Waals surface area (Å²) in [7, 11) is -1.51. The minimum atomic E-state index is -3.43. The number of sulfonamides is 1. The fraction of sp³-hybridized carbons (Fsp3) is 0.667. The van der Waals surface area contributed by atoms with E-state index in [4.69, 9.17) is 9.52 Å². The Kier molecular flexibility index (Phi) is 9.68. The maximum Gasteiger partial charge on any atom is 0.220 e. The van der Waals surface area contributed by atoms with Crippen LogP contribution in [0.3, 0.4) is 0 Å². The van der Waals surface area contributed by atoms with Crippen LogP contribution in [0.25, 0.3) is 0 Å². The Hall–Kier alpha value is -1.74.